The first-order valence-electron chi connectivity index (χ1n) is 5.54. The number of hydrogen-bond acceptors (Lipinski definition) is 3. The van der Waals surface area contributed by atoms with E-state index in [0.717, 1.165) is 35.2 Å². The minimum Gasteiger partial charge on any atom is -0.289 e. The lowest BCUT2D eigenvalue weighted by Crippen LogP contribution is -2.14. The number of rotatable bonds is 1. The Bertz CT molecular complexity index is 593. The second-order valence-electron chi connectivity index (χ2n) is 4.18. The summed E-state index contributed by atoms with van der Waals surface area (Å²) in [5.41, 5.74) is 3.83. The molecule has 3 nitrogen and oxygen atoms in total. The van der Waals surface area contributed by atoms with Crippen LogP contribution in [0.15, 0.2) is 28.6 Å². The van der Waals surface area contributed by atoms with Crippen LogP contribution in [0.1, 0.15) is 28.0 Å². The fraction of sp³-hybridized carbons (Fsp3) is 0.231. The molecule has 0 bridgehead atoms. The maximum absolute atomic E-state index is 12.2. The van der Waals surface area contributed by atoms with Crippen LogP contribution >= 0.6 is 11.3 Å². The highest BCUT2D eigenvalue weighted by atomic mass is 32.1. The van der Waals surface area contributed by atoms with Gasteiger partial charge < -0.3 is 0 Å². The molecule has 86 valence electrons. The standard InChI is InChI=1S/C13H12N2OS/c1-15-12-3-2-10(6-9-4-5-17-8-9)13(16)11(12)7-14-15/h4-8H,2-3H2,1H3/b10-6+. The Morgan fingerprint density at radius 1 is 1.47 bits per heavy atom. The molecule has 0 saturated carbocycles. The van der Waals surface area contributed by atoms with E-state index in [9.17, 15) is 4.79 Å². The maximum Gasteiger partial charge on any atom is 0.192 e. The number of thiophene rings is 1. The number of Topliss-reactive ketones (excluding diaryl/α,β-unsaturated/α-hetero) is 1. The number of aromatic nitrogens is 2. The predicted molar refractivity (Wildman–Crippen MR) is 68.2 cm³/mol. The third-order valence-electron chi connectivity index (χ3n) is 3.11. The van der Waals surface area contributed by atoms with Gasteiger partial charge in [0, 0.05) is 18.3 Å². The number of ketones is 1. The van der Waals surface area contributed by atoms with Gasteiger partial charge in [-0.3, -0.25) is 9.48 Å². The third kappa shape index (κ3) is 1.74. The van der Waals surface area contributed by atoms with E-state index in [1.54, 1.807) is 22.2 Å². The first-order valence-corrected chi connectivity index (χ1v) is 6.48. The Morgan fingerprint density at radius 2 is 2.35 bits per heavy atom. The van der Waals surface area contributed by atoms with Gasteiger partial charge in [0.05, 0.1) is 11.8 Å². The molecule has 0 saturated heterocycles. The number of aryl methyl sites for hydroxylation is 1. The van der Waals surface area contributed by atoms with Gasteiger partial charge in [0.15, 0.2) is 5.78 Å². The molecule has 0 unspecified atom stereocenters. The van der Waals surface area contributed by atoms with Gasteiger partial charge in [-0.2, -0.15) is 16.4 Å². The second kappa shape index (κ2) is 3.96. The van der Waals surface area contributed by atoms with Gasteiger partial charge in [0.2, 0.25) is 0 Å². The molecule has 17 heavy (non-hydrogen) atoms. The Labute approximate surface area is 103 Å². The highest BCUT2D eigenvalue weighted by molar-refractivity contribution is 7.08. The molecular formula is C13H12N2OS. The lowest BCUT2D eigenvalue weighted by atomic mass is 9.90. The van der Waals surface area contributed by atoms with Crippen molar-refractivity contribution in [3.8, 4) is 0 Å². The normalized spacial score (nSPS) is 17.5. The summed E-state index contributed by atoms with van der Waals surface area (Å²) in [7, 11) is 1.89. The van der Waals surface area contributed by atoms with Crippen molar-refractivity contribution in [3.05, 3.63) is 45.4 Å². The van der Waals surface area contributed by atoms with E-state index in [2.05, 4.69) is 10.5 Å². The molecule has 2 heterocycles. The third-order valence-corrected chi connectivity index (χ3v) is 3.81. The van der Waals surface area contributed by atoms with Gasteiger partial charge in [-0.1, -0.05) is 0 Å². The lowest BCUT2D eigenvalue weighted by Gasteiger charge is -2.14. The van der Waals surface area contributed by atoms with Gasteiger partial charge in [0.25, 0.3) is 0 Å². The van der Waals surface area contributed by atoms with Crippen LogP contribution < -0.4 is 0 Å². The average Bonchev–Trinajstić information content (AvgIpc) is 2.93. The number of carbonyl (C=O) groups excluding carboxylic acids is 1. The minimum atomic E-state index is 0.130. The number of carbonyl (C=O) groups is 1. The Morgan fingerprint density at radius 3 is 3.12 bits per heavy atom. The molecule has 3 rings (SSSR count). The number of nitrogens with zero attached hydrogens (tertiary/aromatic N) is 2. The fourth-order valence-corrected chi connectivity index (χ4v) is 2.80. The second-order valence-corrected chi connectivity index (χ2v) is 4.96. The lowest BCUT2D eigenvalue weighted by molar-refractivity contribution is 0.102. The number of allylic oxidation sites excluding steroid dienone is 1. The SMILES string of the molecule is Cn1ncc2c1CC/C(=C\c1ccsc1)C2=O. The topological polar surface area (TPSA) is 34.9 Å². The van der Waals surface area contributed by atoms with Crippen LogP contribution in [-0.2, 0) is 13.5 Å². The van der Waals surface area contributed by atoms with Crippen LogP contribution in [0.3, 0.4) is 0 Å². The van der Waals surface area contributed by atoms with Crippen molar-refractivity contribution >= 4 is 23.2 Å². The molecule has 2 aromatic rings. The number of fused-ring (bicyclic) bond motifs is 1. The monoisotopic (exact) mass is 244 g/mol. The van der Waals surface area contributed by atoms with Crippen LogP contribution in [-0.4, -0.2) is 15.6 Å². The van der Waals surface area contributed by atoms with Crippen LogP contribution in [0.4, 0.5) is 0 Å². The molecule has 0 fully saturated rings. The molecule has 0 spiro atoms. The molecule has 0 amide bonds. The summed E-state index contributed by atoms with van der Waals surface area (Å²) in [5, 5.41) is 8.23. The first-order chi connectivity index (χ1) is 8.25. The summed E-state index contributed by atoms with van der Waals surface area (Å²) in [5.74, 6) is 0.130. The zero-order valence-electron chi connectivity index (χ0n) is 9.51. The Kier molecular flexibility index (Phi) is 2.44. The van der Waals surface area contributed by atoms with Crippen LogP contribution in [0.5, 0.6) is 0 Å². The first kappa shape index (κ1) is 10.5. The minimum absolute atomic E-state index is 0.130. The molecule has 0 aromatic carbocycles. The summed E-state index contributed by atoms with van der Waals surface area (Å²) in [6.45, 7) is 0. The van der Waals surface area contributed by atoms with Gasteiger partial charge in [-0.15, -0.1) is 0 Å². The summed E-state index contributed by atoms with van der Waals surface area (Å²) in [6, 6.07) is 2.03. The molecule has 0 aliphatic heterocycles. The van der Waals surface area contributed by atoms with E-state index in [1.807, 2.05) is 24.6 Å². The van der Waals surface area contributed by atoms with Crippen LogP contribution in [0, 0.1) is 0 Å². The summed E-state index contributed by atoms with van der Waals surface area (Å²) in [6.07, 6.45) is 5.38. The molecule has 0 N–H and O–H groups in total. The highest BCUT2D eigenvalue weighted by Gasteiger charge is 2.24. The van der Waals surface area contributed by atoms with Crippen molar-refractivity contribution in [3.63, 3.8) is 0 Å². The summed E-state index contributed by atoms with van der Waals surface area (Å²) in [4.78, 5) is 12.2. The van der Waals surface area contributed by atoms with Crippen molar-refractivity contribution in [1.82, 2.24) is 9.78 Å². The van der Waals surface area contributed by atoms with E-state index >= 15 is 0 Å². The largest absolute Gasteiger partial charge is 0.289 e. The summed E-state index contributed by atoms with van der Waals surface area (Å²) >= 11 is 1.65. The van der Waals surface area contributed by atoms with Crippen molar-refractivity contribution in [2.75, 3.05) is 0 Å². The maximum atomic E-state index is 12.2. The molecule has 0 radical (unpaired) electrons. The van der Waals surface area contributed by atoms with Crippen LogP contribution in [0.2, 0.25) is 0 Å². The molecular weight excluding hydrogens is 232 g/mol. The predicted octanol–water partition coefficient (Wildman–Crippen LogP) is 2.69. The van der Waals surface area contributed by atoms with Gasteiger partial charge in [-0.05, 0) is 41.3 Å². The van der Waals surface area contributed by atoms with E-state index in [1.165, 1.54) is 0 Å². The Balaban J connectivity index is 2.00. The van der Waals surface area contributed by atoms with Crippen molar-refractivity contribution in [1.29, 1.82) is 0 Å². The van der Waals surface area contributed by atoms with E-state index in [-0.39, 0.29) is 5.78 Å². The molecule has 0 atom stereocenters. The quantitative estimate of drug-likeness (QED) is 0.723. The molecule has 4 heteroatoms. The zero-order chi connectivity index (χ0) is 11.8. The highest BCUT2D eigenvalue weighted by Crippen LogP contribution is 2.26. The van der Waals surface area contributed by atoms with Crippen LogP contribution in [0.25, 0.3) is 6.08 Å². The van der Waals surface area contributed by atoms with Gasteiger partial charge in [0.1, 0.15) is 0 Å². The van der Waals surface area contributed by atoms with Crippen molar-refractivity contribution in [2.24, 2.45) is 7.05 Å². The van der Waals surface area contributed by atoms with Gasteiger partial charge >= 0.3 is 0 Å². The van der Waals surface area contributed by atoms with E-state index in [4.69, 9.17) is 0 Å². The molecule has 2 aromatic heterocycles. The van der Waals surface area contributed by atoms with Crippen molar-refractivity contribution < 1.29 is 4.79 Å². The summed E-state index contributed by atoms with van der Waals surface area (Å²) < 4.78 is 1.80. The smallest absolute Gasteiger partial charge is 0.192 e. The molecule has 1 aliphatic carbocycles. The van der Waals surface area contributed by atoms with E-state index in [0.29, 0.717) is 0 Å². The van der Waals surface area contributed by atoms with Gasteiger partial charge in [-0.25, -0.2) is 0 Å². The van der Waals surface area contributed by atoms with Crippen molar-refractivity contribution in [2.45, 2.75) is 12.8 Å². The number of hydrogen-bond donors (Lipinski definition) is 0. The molecule has 1 aliphatic rings. The fourth-order valence-electron chi connectivity index (χ4n) is 2.18. The average molecular weight is 244 g/mol. The van der Waals surface area contributed by atoms with E-state index < -0.39 is 0 Å². The Hall–Kier alpha value is -1.68. The zero-order valence-corrected chi connectivity index (χ0v) is 10.3.